The summed E-state index contributed by atoms with van der Waals surface area (Å²) in [4.78, 5) is 0. The van der Waals surface area contributed by atoms with Crippen LogP contribution in [0.2, 0.25) is 0 Å². The third kappa shape index (κ3) is 0.644. The Labute approximate surface area is 56.4 Å². The summed E-state index contributed by atoms with van der Waals surface area (Å²) in [5.74, 6) is 0.847. The summed E-state index contributed by atoms with van der Waals surface area (Å²) in [6.07, 6.45) is 5.34. The molecule has 1 spiro atoms. The van der Waals surface area contributed by atoms with Crippen molar-refractivity contribution in [1.82, 2.24) is 0 Å². The molecule has 1 saturated carbocycles. The number of ether oxygens (including phenoxy) is 1. The maximum Gasteiger partial charge on any atom is 0.0708 e. The Bertz CT molecular complexity index is 114. The maximum atomic E-state index is 5.69. The summed E-state index contributed by atoms with van der Waals surface area (Å²) in [5.41, 5.74) is 0.375. The molecule has 2 rings (SSSR count). The molecule has 1 aliphatic heterocycles. The molecule has 0 aromatic carbocycles. The van der Waals surface area contributed by atoms with Crippen LogP contribution in [0.4, 0.5) is 0 Å². The molecule has 1 saturated heterocycles. The van der Waals surface area contributed by atoms with Crippen LogP contribution >= 0.6 is 0 Å². The van der Waals surface area contributed by atoms with E-state index in [1.165, 1.54) is 25.7 Å². The summed E-state index contributed by atoms with van der Waals surface area (Å²) in [6.45, 7) is 3.33. The van der Waals surface area contributed by atoms with Gasteiger partial charge in [-0.2, -0.15) is 0 Å². The monoisotopic (exact) mass is 126 g/mol. The zero-order valence-electron chi connectivity index (χ0n) is 6.02. The Hall–Kier alpha value is -0.0400. The molecular weight excluding hydrogens is 112 g/mol. The minimum Gasteiger partial charge on any atom is -0.375 e. The van der Waals surface area contributed by atoms with E-state index in [1.807, 2.05) is 0 Å². The van der Waals surface area contributed by atoms with E-state index >= 15 is 0 Å². The van der Waals surface area contributed by atoms with Crippen molar-refractivity contribution in [1.29, 1.82) is 0 Å². The molecule has 1 aliphatic carbocycles. The van der Waals surface area contributed by atoms with E-state index in [2.05, 4.69) is 6.92 Å². The smallest absolute Gasteiger partial charge is 0.0708 e. The summed E-state index contributed by atoms with van der Waals surface area (Å²) in [6, 6.07) is 0. The molecule has 0 aromatic rings. The van der Waals surface area contributed by atoms with Crippen LogP contribution in [0.3, 0.4) is 0 Å². The van der Waals surface area contributed by atoms with Gasteiger partial charge in [-0.15, -0.1) is 0 Å². The second kappa shape index (κ2) is 1.72. The van der Waals surface area contributed by atoms with Crippen LogP contribution in [0.25, 0.3) is 0 Å². The Morgan fingerprint density at radius 1 is 1.44 bits per heavy atom. The van der Waals surface area contributed by atoms with E-state index in [9.17, 15) is 0 Å². The second-order valence-corrected chi connectivity index (χ2v) is 3.46. The van der Waals surface area contributed by atoms with Gasteiger partial charge in [0.2, 0.25) is 0 Å². The van der Waals surface area contributed by atoms with Crippen LogP contribution in [0, 0.1) is 5.92 Å². The Morgan fingerprint density at radius 3 is 2.56 bits per heavy atom. The largest absolute Gasteiger partial charge is 0.375 e. The molecule has 52 valence electrons. The highest BCUT2D eigenvalue weighted by molar-refractivity contribution is 4.97. The predicted molar refractivity (Wildman–Crippen MR) is 36.3 cm³/mol. The first-order valence-corrected chi connectivity index (χ1v) is 3.97. The zero-order valence-corrected chi connectivity index (χ0v) is 6.02. The molecule has 1 heterocycles. The summed E-state index contributed by atoms with van der Waals surface area (Å²) < 4.78 is 5.69. The van der Waals surface area contributed by atoms with Crippen LogP contribution in [-0.2, 0) is 4.74 Å². The van der Waals surface area contributed by atoms with E-state index < -0.39 is 0 Å². The molecule has 1 heteroatoms. The Kier molecular flexibility index (Phi) is 1.10. The van der Waals surface area contributed by atoms with Crippen molar-refractivity contribution in [3.05, 3.63) is 0 Å². The van der Waals surface area contributed by atoms with Gasteiger partial charge in [0.1, 0.15) is 0 Å². The minimum absolute atomic E-state index is 0.375. The first-order valence-electron chi connectivity index (χ1n) is 3.97. The Morgan fingerprint density at radius 2 is 2.33 bits per heavy atom. The molecule has 2 atom stereocenters. The average molecular weight is 126 g/mol. The van der Waals surface area contributed by atoms with Crippen molar-refractivity contribution in [2.45, 2.75) is 38.2 Å². The highest BCUT2D eigenvalue weighted by Gasteiger charge is 2.46. The fraction of sp³-hybridized carbons (Fsp3) is 1.00. The zero-order chi connectivity index (χ0) is 6.32. The topological polar surface area (TPSA) is 9.23 Å². The van der Waals surface area contributed by atoms with Crippen molar-refractivity contribution < 1.29 is 4.74 Å². The summed E-state index contributed by atoms with van der Waals surface area (Å²) in [7, 11) is 0. The average Bonchev–Trinajstić information content (AvgIpc) is 2.34. The highest BCUT2D eigenvalue weighted by atomic mass is 16.5. The second-order valence-electron chi connectivity index (χ2n) is 3.46. The molecule has 0 N–H and O–H groups in total. The van der Waals surface area contributed by atoms with Crippen molar-refractivity contribution in [2.24, 2.45) is 5.92 Å². The van der Waals surface area contributed by atoms with Gasteiger partial charge in [0.15, 0.2) is 0 Å². The standard InChI is InChI=1S/C8H14O/c1-7-3-5-8(7)4-2-6-9-8/h7H,2-6H2,1H3/t7?,8-/m1/s1. The van der Waals surface area contributed by atoms with Crippen molar-refractivity contribution in [3.63, 3.8) is 0 Å². The van der Waals surface area contributed by atoms with Crippen LogP contribution in [0.1, 0.15) is 32.6 Å². The third-order valence-corrected chi connectivity index (χ3v) is 3.03. The van der Waals surface area contributed by atoms with Gasteiger partial charge >= 0.3 is 0 Å². The van der Waals surface area contributed by atoms with Gasteiger partial charge in [-0.1, -0.05) is 6.92 Å². The van der Waals surface area contributed by atoms with Crippen molar-refractivity contribution in [3.8, 4) is 0 Å². The SMILES string of the molecule is CC1CC[C@]12CCCO2. The van der Waals surface area contributed by atoms with Crippen LogP contribution in [0.15, 0.2) is 0 Å². The minimum atomic E-state index is 0.375. The molecule has 2 aliphatic rings. The van der Waals surface area contributed by atoms with Gasteiger partial charge in [-0.3, -0.25) is 0 Å². The normalized spacial score (nSPS) is 49.7. The van der Waals surface area contributed by atoms with Crippen molar-refractivity contribution in [2.75, 3.05) is 6.61 Å². The predicted octanol–water partition coefficient (Wildman–Crippen LogP) is 1.97. The third-order valence-electron chi connectivity index (χ3n) is 3.03. The maximum absolute atomic E-state index is 5.69. The van der Waals surface area contributed by atoms with E-state index in [4.69, 9.17) is 4.74 Å². The molecule has 1 unspecified atom stereocenters. The highest BCUT2D eigenvalue weighted by Crippen LogP contribution is 2.47. The molecule has 0 bridgehead atoms. The fourth-order valence-electron chi connectivity index (χ4n) is 2.06. The Balaban J connectivity index is 2.06. The van der Waals surface area contributed by atoms with Gasteiger partial charge < -0.3 is 4.74 Å². The van der Waals surface area contributed by atoms with E-state index in [1.54, 1.807) is 0 Å². The molecule has 1 nitrogen and oxygen atoms in total. The van der Waals surface area contributed by atoms with E-state index in [0.717, 1.165) is 12.5 Å². The fourth-order valence-corrected chi connectivity index (χ4v) is 2.06. The van der Waals surface area contributed by atoms with Gasteiger partial charge in [0.25, 0.3) is 0 Å². The number of hydrogen-bond donors (Lipinski definition) is 0. The lowest BCUT2D eigenvalue weighted by atomic mass is 9.69. The first kappa shape index (κ1) is 5.72. The van der Waals surface area contributed by atoms with Crippen LogP contribution in [-0.4, -0.2) is 12.2 Å². The first-order chi connectivity index (χ1) is 4.33. The van der Waals surface area contributed by atoms with Gasteiger partial charge in [-0.25, -0.2) is 0 Å². The quantitative estimate of drug-likeness (QED) is 0.482. The summed E-state index contributed by atoms with van der Waals surface area (Å²) in [5, 5.41) is 0. The molecule has 0 aromatic heterocycles. The molecular formula is C8H14O. The van der Waals surface area contributed by atoms with Crippen molar-refractivity contribution >= 4 is 0 Å². The lowest BCUT2D eigenvalue weighted by Gasteiger charge is -2.44. The van der Waals surface area contributed by atoms with Crippen LogP contribution in [0.5, 0.6) is 0 Å². The lowest BCUT2D eigenvalue weighted by molar-refractivity contribution is -0.102. The lowest BCUT2D eigenvalue weighted by Crippen LogP contribution is -2.44. The molecule has 0 radical (unpaired) electrons. The molecule has 2 fully saturated rings. The summed E-state index contributed by atoms with van der Waals surface area (Å²) >= 11 is 0. The molecule has 9 heavy (non-hydrogen) atoms. The number of rotatable bonds is 0. The van der Waals surface area contributed by atoms with Gasteiger partial charge in [0.05, 0.1) is 5.60 Å². The molecule has 0 amide bonds. The van der Waals surface area contributed by atoms with Crippen LogP contribution < -0.4 is 0 Å². The van der Waals surface area contributed by atoms with Gasteiger partial charge in [-0.05, 0) is 31.6 Å². The number of hydrogen-bond acceptors (Lipinski definition) is 1. The van der Waals surface area contributed by atoms with E-state index in [0.29, 0.717) is 5.60 Å². The van der Waals surface area contributed by atoms with E-state index in [-0.39, 0.29) is 0 Å². The van der Waals surface area contributed by atoms with Gasteiger partial charge in [0, 0.05) is 6.61 Å².